The van der Waals surface area contributed by atoms with Crippen molar-refractivity contribution in [1.29, 1.82) is 0 Å². The second-order valence-electron chi connectivity index (χ2n) is 6.92. The van der Waals surface area contributed by atoms with Gasteiger partial charge in [0, 0.05) is 20.4 Å². The van der Waals surface area contributed by atoms with Gasteiger partial charge < -0.3 is 16.3 Å². The van der Waals surface area contributed by atoms with E-state index in [1.807, 2.05) is 0 Å². The van der Waals surface area contributed by atoms with Gasteiger partial charge in [-0.15, -0.1) is 0 Å². The molecule has 1 nitrogen and oxygen atoms in total. The zero-order valence-electron chi connectivity index (χ0n) is 15.5. The van der Waals surface area contributed by atoms with E-state index in [9.17, 15) is 0 Å². The fourth-order valence-corrected chi connectivity index (χ4v) is 8.16. The summed E-state index contributed by atoms with van der Waals surface area (Å²) in [5.74, 6) is 1.08. The molecule has 146 valence electrons. The van der Waals surface area contributed by atoms with Crippen molar-refractivity contribution in [2.24, 2.45) is 0 Å². The molecule has 2 aliphatic rings. The first-order chi connectivity index (χ1) is 11.9. The second kappa shape index (κ2) is 13.6. The van der Waals surface area contributed by atoms with Gasteiger partial charge in [-0.1, -0.05) is 58.6 Å². The van der Waals surface area contributed by atoms with E-state index in [0.29, 0.717) is 0 Å². The summed E-state index contributed by atoms with van der Waals surface area (Å²) < 4.78 is 5.78. The summed E-state index contributed by atoms with van der Waals surface area (Å²) in [6.45, 7) is 2.85. The molecule has 0 radical (unpaired) electrons. The molecule has 3 rings (SSSR count). The van der Waals surface area contributed by atoms with Crippen LogP contribution >= 0.6 is 19.5 Å². The maximum Gasteiger partial charge on any atom is 0.119 e. The van der Waals surface area contributed by atoms with Crippen LogP contribution in [-0.4, -0.2) is 17.9 Å². The zero-order valence-corrected chi connectivity index (χ0v) is 18.7. The average molecular weight is 474 g/mol. The molecule has 0 saturated heterocycles. The third-order valence-corrected chi connectivity index (χ3v) is 8.84. The normalized spacial score (nSPS) is 18.9. The van der Waals surface area contributed by atoms with Gasteiger partial charge in [0.2, 0.25) is 0 Å². The minimum absolute atomic E-state index is 0. The molecule has 0 heterocycles. The summed E-state index contributed by atoms with van der Waals surface area (Å²) in [5.41, 5.74) is 1.95. The molecule has 1 aromatic carbocycles. The molecule has 0 N–H and O–H groups in total. The van der Waals surface area contributed by atoms with E-state index in [0.717, 1.165) is 23.7 Å². The molecule has 0 aliphatic heterocycles. The van der Waals surface area contributed by atoms with Crippen LogP contribution in [0.25, 0.3) is 0 Å². The minimum Gasteiger partial charge on any atom is -0.494 e. The topological polar surface area (TPSA) is 9.23 Å². The van der Waals surface area contributed by atoms with Gasteiger partial charge in [0.05, 0.1) is 6.61 Å². The first-order valence-electron chi connectivity index (χ1n) is 9.66. The van der Waals surface area contributed by atoms with Crippen LogP contribution in [0.4, 0.5) is 0 Å². The van der Waals surface area contributed by atoms with Gasteiger partial charge in [-0.3, -0.25) is 6.38 Å². The van der Waals surface area contributed by atoms with Crippen molar-refractivity contribution in [2.45, 2.75) is 82.4 Å². The molecule has 2 saturated carbocycles. The fraction of sp³-hybridized carbons (Fsp3) is 0.667. The minimum atomic E-state index is 0. The van der Waals surface area contributed by atoms with Gasteiger partial charge in [0.25, 0.3) is 0 Å². The third-order valence-electron chi connectivity index (χ3n) is 5.36. The number of benzene rings is 1. The second-order valence-corrected chi connectivity index (χ2v) is 9.71. The summed E-state index contributed by atoms with van der Waals surface area (Å²) >= 11 is 4.39. The Kier molecular flexibility index (Phi) is 12.7. The molecule has 4 heteroatoms. The van der Waals surface area contributed by atoms with Crippen LogP contribution in [0.3, 0.4) is 0 Å². The van der Waals surface area contributed by atoms with Crippen molar-refractivity contribution in [3.8, 4) is 5.75 Å². The van der Waals surface area contributed by atoms with Crippen molar-refractivity contribution in [3.05, 3.63) is 30.6 Å². The van der Waals surface area contributed by atoms with E-state index in [1.165, 1.54) is 64.2 Å². The van der Waals surface area contributed by atoms with E-state index in [2.05, 4.69) is 49.2 Å². The molecule has 0 bridgehead atoms. The van der Waals surface area contributed by atoms with Gasteiger partial charge in [-0.2, -0.15) is 0 Å². The Balaban J connectivity index is 0.00000101. The van der Waals surface area contributed by atoms with Crippen LogP contribution in [0, 0.1) is 6.38 Å². The number of halogens is 1. The fourth-order valence-electron chi connectivity index (χ4n) is 4.34. The third kappa shape index (κ3) is 7.14. The molecular weight excluding hydrogens is 441 g/mol. The maximum atomic E-state index is 5.78. The molecule has 2 fully saturated rings. The van der Waals surface area contributed by atoms with E-state index >= 15 is 0 Å². The summed E-state index contributed by atoms with van der Waals surface area (Å²) in [4.78, 5) is 0. The Morgan fingerprint density at radius 2 is 1.48 bits per heavy atom. The molecule has 2 aliphatic carbocycles. The Hall–Kier alpha value is 0.402. The van der Waals surface area contributed by atoms with E-state index in [1.54, 1.807) is 5.30 Å². The quantitative estimate of drug-likeness (QED) is 0.257. The predicted octanol–water partition coefficient (Wildman–Crippen LogP) is 6.87. The van der Waals surface area contributed by atoms with Gasteiger partial charge >= 0.3 is 0 Å². The summed E-state index contributed by atoms with van der Waals surface area (Å²) in [5, 5.41) is 1.62. The summed E-state index contributed by atoms with van der Waals surface area (Å²) in [7, 11) is 0.000970. The van der Waals surface area contributed by atoms with Crippen molar-refractivity contribution < 1.29 is 25.2 Å². The Morgan fingerprint density at radius 3 is 1.96 bits per heavy atom. The van der Waals surface area contributed by atoms with Gasteiger partial charge in [0.1, 0.15) is 5.75 Å². The number of ether oxygens (including phenoxy) is 1. The smallest absolute Gasteiger partial charge is 0.119 e. The van der Waals surface area contributed by atoms with Crippen LogP contribution in [-0.2, 0) is 20.4 Å². The Bertz CT molecular complexity index is 441. The molecule has 0 unspecified atom stereocenters. The van der Waals surface area contributed by atoms with Crippen LogP contribution < -0.4 is 10.0 Å². The zero-order chi connectivity index (χ0) is 17.2. The largest absolute Gasteiger partial charge is 0.494 e. The van der Waals surface area contributed by atoms with Crippen molar-refractivity contribution in [1.82, 2.24) is 0 Å². The van der Waals surface area contributed by atoms with Gasteiger partial charge in [-0.05, 0) is 61.4 Å². The average Bonchev–Trinajstić information content (AvgIpc) is 2.66. The SMILES string of the molecule is CCOc1cccc(P(C2CCCCC2)C2CCCCC2)c1.[CH2-]Cl.[Pd]. The molecule has 1 aromatic rings. The van der Waals surface area contributed by atoms with Crippen molar-refractivity contribution in [2.75, 3.05) is 6.61 Å². The van der Waals surface area contributed by atoms with Gasteiger partial charge in [0.15, 0.2) is 0 Å². The predicted molar refractivity (Wildman–Crippen MR) is 109 cm³/mol. The van der Waals surface area contributed by atoms with Crippen LogP contribution in [0.1, 0.15) is 71.1 Å². The Morgan fingerprint density at radius 1 is 0.960 bits per heavy atom. The standard InChI is InChI=1S/C20H31OP.CH2Cl.Pd/c1-2-21-17-10-9-15-20(16-17)22(18-11-5-3-6-12-18)19-13-7-4-8-14-19;1-2;/h9-10,15-16,18-19H,2-8,11-14H2,1H3;1H2;/q;-1;. The van der Waals surface area contributed by atoms with Crippen LogP contribution in [0.2, 0.25) is 0 Å². The van der Waals surface area contributed by atoms with E-state index in [4.69, 9.17) is 4.74 Å². The first-order valence-corrected chi connectivity index (χ1v) is 11.7. The first kappa shape index (κ1) is 23.4. The molecule has 0 atom stereocenters. The number of hydrogen-bond acceptors (Lipinski definition) is 1. The monoisotopic (exact) mass is 473 g/mol. The Labute approximate surface area is 175 Å². The molecule has 0 spiro atoms. The number of hydrogen-bond donors (Lipinski definition) is 0. The molecule has 0 aromatic heterocycles. The molecule has 25 heavy (non-hydrogen) atoms. The van der Waals surface area contributed by atoms with E-state index in [-0.39, 0.29) is 28.3 Å². The van der Waals surface area contributed by atoms with Crippen LogP contribution in [0.15, 0.2) is 24.3 Å². The van der Waals surface area contributed by atoms with Gasteiger partial charge in [-0.25, -0.2) is 0 Å². The van der Waals surface area contributed by atoms with Crippen molar-refractivity contribution in [3.63, 3.8) is 0 Å². The summed E-state index contributed by atoms with van der Waals surface area (Å²) in [6, 6.07) is 9.12. The maximum absolute atomic E-state index is 5.78. The van der Waals surface area contributed by atoms with E-state index < -0.39 is 0 Å². The van der Waals surface area contributed by atoms with Crippen LogP contribution in [0.5, 0.6) is 5.75 Å². The summed E-state index contributed by atoms with van der Waals surface area (Å²) in [6.07, 6.45) is 17.4. The molecular formula is C21H33ClOPPd-. The number of rotatable bonds is 5. The van der Waals surface area contributed by atoms with Crippen molar-refractivity contribution >= 4 is 24.8 Å². The molecule has 0 amide bonds.